The average molecular weight is 342 g/mol. The normalized spacial score (nSPS) is 8.70. The van der Waals surface area contributed by atoms with Crippen LogP contribution in [0.15, 0.2) is 30.3 Å². The van der Waals surface area contributed by atoms with E-state index in [1.807, 2.05) is 30.3 Å². The molecule has 0 heterocycles. The zero-order chi connectivity index (χ0) is 7.40. The van der Waals surface area contributed by atoms with Crippen molar-refractivity contribution in [3.63, 3.8) is 0 Å². The van der Waals surface area contributed by atoms with Gasteiger partial charge in [0.15, 0.2) is 0 Å². The average Bonchev–Trinajstić information content (AvgIpc) is 2.05. The molecule has 0 radical (unpaired) electrons. The van der Waals surface area contributed by atoms with Crippen molar-refractivity contribution < 1.29 is 2.69 Å². The van der Waals surface area contributed by atoms with E-state index in [9.17, 15) is 0 Å². The van der Waals surface area contributed by atoms with Crippen molar-refractivity contribution >= 4 is 43.5 Å². The fourth-order valence-electron chi connectivity index (χ4n) is 0.642. The number of benzene rings is 1. The molecule has 1 aromatic rings. The molecule has 0 saturated heterocycles. The molecule has 1 nitrogen and oxygen atoms in total. The molecular weight excluding hydrogens is 337 g/mol. The van der Waals surface area contributed by atoms with Crippen molar-refractivity contribution in [2.24, 2.45) is 0 Å². The number of hydrogen-bond acceptors (Lipinski definition) is 2. The minimum atomic E-state index is 0.484. The maximum absolute atomic E-state index is 5.03. The van der Waals surface area contributed by atoms with E-state index in [4.69, 9.17) is 14.9 Å². The van der Waals surface area contributed by atoms with Gasteiger partial charge in [0.25, 0.3) is 0 Å². The van der Waals surface area contributed by atoms with E-state index in [-0.39, 0.29) is 0 Å². The number of rotatable bonds is 1. The van der Waals surface area contributed by atoms with E-state index in [2.05, 4.69) is 0 Å². The quantitative estimate of drug-likeness (QED) is 0.565. The molecule has 0 bridgehead atoms. The molecule has 0 fully saturated rings. The summed E-state index contributed by atoms with van der Waals surface area (Å²) in [5, 5.41) is 0.616. The van der Waals surface area contributed by atoms with Crippen LogP contribution in [0.5, 0.6) is 0 Å². The van der Waals surface area contributed by atoms with Gasteiger partial charge in [0, 0.05) is 0 Å². The summed E-state index contributed by atoms with van der Waals surface area (Å²) in [6, 6.07) is 9.76. The number of hydrogen-bond donors (Lipinski definition) is 0. The van der Waals surface area contributed by atoms with Crippen LogP contribution in [0.3, 0.4) is 0 Å². The van der Waals surface area contributed by atoms with Gasteiger partial charge in [-0.15, -0.1) is 0 Å². The van der Waals surface area contributed by atoms with Crippen LogP contribution in [0.4, 0.5) is 0 Å². The first kappa shape index (κ1) is 8.13. The van der Waals surface area contributed by atoms with Gasteiger partial charge in [0.05, 0.1) is 0 Å². The summed E-state index contributed by atoms with van der Waals surface area (Å²) in [5.41, 5.74) is 1.00. The van der Waals surface area contributed by atoms with E-state index < -0.39 is 0 Å². The summed E-state index contributed by atoms with van der Waals surface area (Å²) >= 11 is 5.43. The molecule has 10 heavy (non-hydrogen) atoms. The molecule has 0 aliphatic carbocycles. The molecule has 0 saturated carbocycles. The predicted molar refractivity (Wildman–Crippen MR) is 45.0 cm³/mol. The van der Waals surface area contributed by atoms with Crippen molar-refractivity contribution in [2.75, 3.05) is 0 Å². The van der Waals surface area contributed by atoms with Crippen LogP contribution in [-0.2, 0) is 2.69 Å². The Hall–Kier alpha value is 0.0321. The number of thiocarbonyl (C=S) groups is 1. The van der Waals surface area contributed by atoms with Gasteiger partial charge >= 0.3 is 82.1 Å². The van der Waals surface area contributed by atoms with E-state index in [1.165, 1.54) is 0 Å². The molecule has 1 aromatic carbocycles. The standard InChI is InChI=1S/C7H6OS.Tl/c8-7(9)6-4-2-1-3-5-6;/h1-5H,(H,8,9);/q;+1/p-1. The van der Waals surface area contributed by atoms with Gasteiger partial charge in [-0.2, -0.15) is 0 Å². The third kappa shape index (κ3) is 2.02. The zero-order valence-electron chi connectivity index (χ0n) is 5.28. The first-order valence-corrected chi connectivity index (χ1v) is 5.05. The third-order valence-electron chi connectivity index (χ3n) is 1.12. The first-order valence-electron chi connectivity index (χ1n) is 2.80. The van der Waals surface area contributed by atoms with E-state index >= 15 is 0 Å². The fraction of sp³-hybridized carbons (Fsp3) is 0. The molecule has 0 spiro atoms. The molecule has 0 aliphatic heterocycles. The topological polar surface area (TPSA) is 9.23 Å². The minimum absolute atomic E-state index is 0.484. The summed E-state index contributed by atoms with van der Waals surface area (Å²) in [5.74, 6) is 0. The van der Waals surface area contributed by atoms with Crippen molar-refractivity contribution in [1.82, 2.24) is 0 Å². The van der Waals surface area contributed by atoms with Crippen LogP contribution >= 0.6 is 12.2 Å². The first-order chi connectivity index (χ1) is 4.84. The molecule has 0 atom stereocenters. The van der Waals surface area contributed by atoms with Crippen LogP contribution in [0.25, 0.3) is 0 Å². The zero-order valence-corrected chi connectivity index (χ0v) is 10.6. The molecule has 0 unspecified atom stereocenters. The van der Waals surface area contributed by atoms with Crippen LogP contribution in [0.1, 0.15) is 5.56 Å². The summed E-state index contributed by atoms with van der Waals surface area (Å²) in [6.45, 7) is 0. The Morgan fingerprint density at radius 1 is 1.30 bits per heavy atom. The molecule has 0 aromatic heterocycles. The van der Waals surface area contributed by atoms with Gasteiger partial charge in [-0.05, 0) is 0 Å². The monoisotopic (exact) mass is 342 g/mol. The van der Waals surface area contributed by atoms with Gasteiger partial charge in [-0.1, -0.05) is 0 Å². The van der Waals surface area contributed by atoms with Crippen molar-refractivity contribution in [3.8, 4) is 0 Å². The van der Waals surface area contributed by atoms with Gasteiger partial charge < -0.3 is 0 Å². The van der Waals surface area contributed by atoms with Crippen LogP contribution in [0.2, 0.25) is 0 Å². The Kier molecular flexibility index (Phi) is 3.27. The predicted octanol–water partition coefficient (Wildman–Crippen LogP) is 1.46. The van der Waals surface area contributed by atoms with Gasteiger partial charge in [-0.25, -0.2) is 0 Å². The second kappa shape index (κ2) is 4.02. The maximum atomic E-state index is 5.03. The molecule has 0 amide bonds. The van der Waals surface area contributed by atoms with Crippen LogP contribution < -0.4 is 0 Å². The Labute approximate surface area is 81.7 Å². The SMILES string of the molecule is S=C([O][Tl])c1ccccc1. The second-order valence-electron chi connectivity index (χ2n) is 1.77. The van der Waals surface area contributed by atoms with E-state index in [1.54, 1.807) is 0 Å². The Morgan fingerprint density at radius 3 is 2.40 bits per heavy atom. The van der Waals surface area contributed by atoms with Gasteiger partial charge in [0.2, 0.25) is 0 Å². The summed E-state index contributed by atoms with van der Waals surface area (Å²) in [7, 11) is 0. The Bertz CT molecular complexity index is 222. The van der Waals surface area contributed by atoms with E-state index in [0.29, 0.717) is 31.3 Å². The fourth-order valence-corrected chi connectivity index (χ4v) is 1.31. The molecule has 3 heteroatoms. The second-order valence-corrected chi connectivity index (χ2v) is 3.06. The van der Waals surface area contributed by atoms with Gasteiger partial charge in [0.1, 0.15) is 0 Å². The summed E-state index contributed by atoms with van der Waals surface area (Å²) in [6.07, 6.45) is 0. The van der Waals surface area contributed by atoms with Crippen molar-refractivity contribution in [2.45, 2.75) is 0 Å². The summed E-state index contributed by atoms with van der Waals surface area (Å²) < 4.78 is 5.03. The van der Waals surface area contributed by atoms with Crippen LogP contribution in [0, 0.1) is 0 Å². The summed E-state index contributed by atoms with van der Waals surface area (Å²) in [4.78, 5) is 0. The molecule has 1 rings (SSSR count). The Morgan fingerprint density at radius 2 is 1.90 bits per heavy atom. The molecule has 0 aliphatic rings. The third-order valence-corrected chi connectivity index (χ3v) is 3.03. The Balaban J connectivity index is 2.85. The van der Waals surface area contributed by atoms with Crippen LogP contribution in [-0.4, -0.2) is 31.3 Å². The molecule has 0 N–H and O–H groups in total. The van der Waals surface area contributed by atoms with Crippen molar-refractivity contribution in [3.05, 3.63) is 35.9 Å². The van der Waals surface area contributed by atoms with Gasteiger partial charge in [-0.3, -0.25) is 0 Å². The van der Waals surface area contributed by atoms with Crippen molar-refractivity contribution in [1.29, 1.82) is 0 Å². The molecule has 48 valence electrons. The van der Waals surface area contributed by atoms with E-state index in [0.717, 1.165) is 5.56 Å². The molecular formula is C7H5OSTl.